The third-order valence-corrected chi connectivity index (χ3v) is 4.32. The first-order valence-electron chi connectivity index (χ1n) is 7.67. The zero-order chi connectivity index (χ0) is 16.9. The van der Waals surface area contributed by atoms with E-state index < -0.39 is 11.8 Å². The number of carbonyl (C=O) groups excluding carboxylic acids is 2. The highest BCUT2D eigenvalue weighted by molar-refractivity contribution is 9.10. The molecule has 1 aliphatic rings. The number of anilines is 1. The minimum absolute atomic E-state index is 0.224. The van der Waals surface area contributed by atoms with Crippen molar-refractivity contribution >= 4 is 33.4 Å². The van der Waals surface area contributed by atoms with Crippen LogP contribution in [0.3, 0.4) is 0 Å². The quantitative estimate of drug-likeness (QED) is 0.794. The van der Waals surface area contributed by atoms with Gasteiger partial charge in [-0.25, -0.2) is 0 Å². The van der Waals surface area contributed by atoms with E-state index in [0.717, 1.165) is 16.5 Å². The van der Waals surface area contributed by atoms with Crippen molar-refractivity contribution in [3.05, 3.63) is 64.1 Å². The summed E-state index contributed by atoms with van der Waals surface area (Å²) >= 11 is 3.32. The van der Waals surface area contributed by atoms with Crippen molar-refractivity contribution in [2.24, 2.45) is 0 Å². The van der Waals surface area contributed by atoms with Gasteiger partial charge >= 0.3 is 11.8 Å². The molecule has 0 aliphatic carbocycles. The Morgan fingerprint density at radius 3 is 2.79 bits per heavy atom. The number of hydrogen-bond acceptors (Lipinski definition) is 3. The highest BCUT2D eigenvalue weighted by Crippen LogP contribution is 2.26. The molecule has 2 amide bonds. The summed E-state index contributed by atoms with van der Waals surface area (Å²) in [4.78, 5) is 24.0. The Morgan fingerprint density at radius 2 is 1.96 bits per heavy atom. The molecule has 0 radical (unpaired) electrons. The van der Waals surface area contributed by atoms with Gasteiger partial charge in [0.2, 0.25) is 0 Å². The molecule has 3 rings (SSSR count). The van der Waals surface area contributed by atoms with Crippen LogP contribution in [-0.4, -0.2) is 25.0 Å². The minimum Gasteiger partial charge on any atom is -0.371 e. The first-order chi connectivity index (χ1) is 11.6. The van der Waals surface area contributed by atoms with Crippen molar-refractivity contribution < 1.29 is 14.3 Å². The number of fused-ring (bicyclic) bond motifs is 1. The van der Waals surface area contributed by atoms with Crippen molar-refractivity contribution in [2.75, 3.05) is 18.5 Å². The molecule has 2 aromatic rings. The Kier molecular flexibility index (Phi) is 5.27. The first-order valence-corrected chi connectivity index (χ1v) is 8.47. The maximum Gasteiger partial charge on any atom is 0.313 e. The summed E-state index contributed by atoms with van der Waals surface area (Å²) in [5.41, 5.74) is 2.85. The number of carbonyl (C=O) groups is 2. The van der Waals surface area contributed by atoms with Crippen molar-refractivity contribution in [3.63, 3.8) is 0 Å². The van der Waals surface area contributed by atoms with Gasteiger partial charge in [-0.15, -0.1) is 0 Å². The Bertz CT molecular complexity index is 763. The van der Waals surface area contributed by atoms with Crippen LogP contribution < -0.4 is 10.6 Å². The molecule has 0 bridgehead atoms. The summed E-state index contributed by atoms with van der Waals surface area (Å²) < 4.78 is 6.54. The van der Waals surface area contributed by atoms with Gasteiger partial charge in [0.25, 0.3) is 0 Å². The Balaban J connectivity index is 1.57. The third-order valence-electron chi connectivity index (χ3n) is 3.83. The molecule has 0 saturated heterocycles. The molecule has 0 spiro atoms. The molecule has 1 atom stereocenters. The first kappa shape index (κ1) is 16.7. The average Bonchev–Trinajstić information content (AvgIpc) is 2.59. The van der Waals surface area contributed by atoms with Gasteiger partial charge in [-0.1, -0.05) is 46.3 Å². The summed E-state index contributed by atoms with van der Waals surface area (Å²) in [5, 5.41) is 5.21. The van der Waals surface area contributed by atoms with E-state index >= 15 is 0 Å². The van der Waals surface area contributed by atoms with Gasteiger partial charge in [0.1, 0.15) is 6.10 Å². The minimum atomic E-state index is -0.697. The fourth-order valence-corrected chi connectivity index (χ4v) is 3.06. The molecule has 2 N–H and O–H groups in total. The van der Waals surface area contributed by atoms with Gasteiger partial charge in [-0.2, -0.15) is 0 Å². The van der Waals surface area contributed by atoms with E-state index in [9.17, 15) is 9.59 Å². The van der Waals surface area contributed by atoms with E-state index in [1.807, 2.05) is 24.3 Å². The topological polar surface area (TPSA) is 67.4 Å². The predicted molar refractivity (Wildman–Crippen MR) is 94.6 cm³/mol. The molecule has 0 aromatic heterocycles. The molecule has 1 aliphatic heterocycles. The van der Waals surface area contributed by atoms with Crippen molar-refractivity contribution in [2.45, 2.75) is 12.5 Å². The second-order valence-electron chi connectivity index (χ2n) is 5.48. The van der Waals surface area contributed by atoms with E-state index in [4.69, 9.17) is 4.74 Å². The second-order valence-corrected chi connectivity index (χ2v) is 6.40. The normalized spacial score (nSPS) is 16.1. The molecule has 124 valence electrons. The van der Waals surface area contributed by atoms with Crippen LogP contribution in [0.25, 0.3) is 0 Å². The van der Waals surface area contributed by atoms with E-state index in [-0.39, 0.29) is 12.6 Å². The molecular weight excluding hydrogens is 372 g/mol. The highest BCUT2D eigenvalue weighted by atomic mass is 79.9. The average molecular weight is 389 g/mol. The molecule has 24 heavy (non-hydrogen) atoms. The number of hydrogen-bond donors (Lipinski definition) is 2. The van der Waals surface area contributed by atoms with Gasteiger partial charge < -0.3 is 15.4 Å². The molecule has 2 aromatic carbocycles. The third kappa shape index (κ3) is 4.01. The molecule has 0 unspecified atom stereocenters. The lowest BCUT2D eigenvalue weighted by Crippen LogP contribution is -2.38. The molecule has 1 heterocycles. The standard InChI is InChI=1S/C18H17BrN2O3/c19-13-5-3-6-14(10-13)21-18(23)17(22)20-11-16-15-7-2-1-4-12(15)8-9-24-16/h1-7,10,16H,8-9,11H2,(H,20,22)(H,21,23)/t16-/m0/s1. The zero-order valence-corrected chi connectivity index (χ0v) is 14.5. The van der Waals surface area contributed by atoms with Gasteiger partial charge in [0.05, 0.1) is 6.61 Å². The number of halogens is 1. The summed E-state index contributed by atoms with van der Waals surface area (Å²) in [6.45, 7) is 0.879. The highest BCUT2D eigenvalue weighted by Gasteiger charge is 2.22. The predicted octanol–water partition coefficient (Wildman–Crippen LogP) is 2.82. The SMILES string of the molecule is O=C(NC[C@@H]1OCCc2ccccc21)C(=O)Nc1cccc(Br)c1. The van der Waals surface area contributed by atoms with E-state index in [1.54, 1.807) is 18.2 Å². The smallest absolute Gasteiger partial charge is 0.313 e. The summed E-state index contributed by atoms with van der Waals surface area (Å²) in [6, 6.07) is 15.1. The monoisotopic (exact) mass is 388 g/mol. The van der Waals surface area contributed by atoms with Crippen LogP contribution >= 0.6 is 15.9 Å². The van der Waals surface area contributed by atoms with Crippen LogP contribution in [-0.2, 0) is 20.7 Å². The molecular formula is C18H17BrN2O3. The van der Waals surface area contributed by atoms with Gasteiger partial charge in [0.15, 0.2) is 0 Å². The Morgan fingerprint density at radius 1 is 1.12 bits per heavy atom. The maximum atomic E-state index is 12.0. The van der Waals surface area contributed by atoms with Gasteiger partial charge in [0, 0.05) is 16.7 Å². The Labute approximate surface area is 148 Å². The van der Waals surface area contributed by atoms with Gasteiger partial charge in [-0.3, -0.25) is 9.59 Å². The summed E-state index contributed by atoms with van der Waals surface area (Å²) in [6.07, 6.45) is 0.641. The fourth-order valence-electron chi connectivity index (χ4n) is 2.67. The van der Waals surface area contributed by atoms with E-state index in [0.29, 0.717) is 12.3 Å². The Hall–Kier alpha value is -2.18. The lowest BCUT2D eigenvalue weighted by Gasteiger charge is -2.26. The number of nitrogens with one attached hydrogen (secondary N) is 2. The van der Waals surface area contributed by atoms with Crippen LogP contribution in [0.4, 0.5) is 5.69 Å². The molecule has 5 nitrogen and oxygen atoms in total. The van der Waals surface area contributed by atoms with Crippen LogP contribution in [0.5, 0.6) is 0 Å². The van der Waals surface area contributed by atoms with Crippen molar-refractivity contribution in [3.8, 4) is 0 Å². The maximum absolute atomic E-state index is 12.0. The number of ether oxygens (including phenoxy) is 1. The lowest BCUT2D eigenvalue weighted by molar-refractivity contribution is -0.136. The van der Waals surface area contributed by atoms with Crippen LogP contribution in [0, 0.1) is 0 Å². The zero-order valence-electron chi connectivity index (χ0n) is 12.9. The molecule has 6 heteroatoms. The summed E-state index contributed by atoms with van der Waals surface area (Å²) in [5.74, 6) is -1.38. The molecule has 0 fully saturated rings. The number of benzene rings is 2. The second kappa shape index (κ2) is 7.59. The van der Waals surface area contributed by atoms with E-state index in [2.05, 4.69) is 32.6 Å². The van der Waals surface area contributed by atoms with Gasteiger partial charge in [-0.05, 0) is 35.7 Å². The van der Waals surface area contributed by atoms with Crippen LogP contribution in [0.2, 0.25) is 0 Å². The molecule has 0 saturated carbocycles. The van der Waals surface area contributed by atoms with E-state index in [1.165, 1.54) is 5.56 Å². The number of rotatable bonds is 3. The van der Waals surface area contributed by atoms with Crippen LogP contribution in [0.1, 0.15) is 17.2 Å². The largest absolute Gasteiger partial charge is 0.371 e. The van der Waals surface area contributed by atoms with Crippen LogP contribution in [0.15, 0.2) is 53.0 Å². The lowest BCUT2D eigenvalue weighted by atomic mass is 9.97. The number of amides is 2. The summed E-state index contributed by atoms with van der Waals surface area (Å²) in [7, 11) is 0. The van der Waals surface area contributed by atoms with Crippen molar-refractivity contribution in [1.29, 1.82) is 0 Å². The fraction of sp³-hybridized carbons (Fsp3) is 0.222. The van der Waals surface area contributed by atoms with Crippen molar-refractivity contribution in [1.82, 2.24) is 5.32 Å².